The molecule has 2 aromatic rings. The van der Waals surface area contributed by atoms with Crippen molar-refractivity contribution in [1.29, 1.82) is 0 Å². The Bertz CT molecular complexity index is 746. The van der Waals surface area contributed by atoms with Crippen molar-refractivity contribution in [3.63, 3.8) is 0 Å². The van der Waals surface area contributed by atoms with Gasteiger partial charge >= 0.3 is 0 Å². The van der Waals surface area contributed by atoms with Crippen LogP contribution in [0, 0.1) is 5.82 Å². The molecule has 128 valence electrons. The fourth-order valence-electron chi connectivity index (χ4n) is 2.46. The number of aromatic nitrogens is 3. The van der Waals surface area contributed by atoms with E-state index in [4.69, 9.17) is 10.5 Å². The van der Waals surface area contributed by atoms with Gasteiger partial charge in [-0.2, -0.15) is 0 Å². The number of aryl methyl sites for hydroxylation is 1. The zero-order valence-corrected chi connectivity index (χ0v) is 14.2. The van der Waals surface area contributed by atoms with E-state index in [1.807, 2.05) is 6.07 Å². The highest BCUT2D eigenvalue weighted by Gasteiger charge is 2.29. The van der Waals surface area contributed by atoms with Gasteiger partial charge in [-0.1, -0.05) is 17.8 Å². The van der Waals surface area contributed by atoms with Gasteiger partial charge < -0.3 is 15.0 Å². The summed E-state index contributed by atoms with van der Waals surface area (Å²) in [7, 11) is 1.44. The monoisotopic (exact) mass is 350 g/mol. The van der Waals surface area contributed by atoms with Crippen molar-refractivity contribution in [2.75, 3.05) is 7.11 Å². The lowest BCUT2D eigenvalue weighted by Crippen LogP contribution is -2.13. The number of benzene rings is 1. The van der Waals surface area contributed by atoms with E-state index in [0.717, 1.165) is 29.4 Å². The zero-order valence-electron chi connectivity index (χ0n) is 13.4. The maximum Gasteiger partial charge on any atom is 0.217 e. The lowest BCUT2D eigenvalue weighted by atomic mass is 10.2. The number of ether oxygens (including phenoxy) is 1. The first-order valence-electron chi connectivity index (χ1n) is 7.75. The van der Waals surface area contributed by atoms with E-state index >= 15 is 0 Å². The second-order valence-electron chi connectivity index (χ2n) is 5.72. The Kier molecular flexibility index (Phi) is 5.03. The summed E-state index contributed by atoms with van der Waals surface area (Å²) in [5.41, 5.74) is 6.06. The summed E-state index contributed by atoms with van der Waals surface area (Å²) in [6.45, 7) is 0. The average molecular weight is 350 g/mol. The van der Waals surface area contributed by atoms with Crippen molar-refractivity contribution in [2.24, 2.45) is 5.73 Å². The largest absolute Gasteiger partial charge is 0.494 e. The van der Waals surface area contributed by atoms with Crippen molar-refractivity contribution >= 4 is 17.7 Å². The number of rotatable bonds is 8. The van der Waals surface area contributed by atoms with Gasteiger partial charge in [-0.3, -0.25) is 4.79 Å². The number of hydrogen-bond donors (Lipinski definition) is 1. The molecule has 0 bridgehead atoms. The molecule has 0 spiro atoms. The molecule has 0 atom stereocenters. The van der Waals surface area contributed by atoms with E-state index in [9.17, 15) is 9.18 Å². The molecule has 6 nitrogen and oxygen atoms in total. The molecule has 0 radical (unpaired) electrons. The van der Waals surface area contributed by atoms with Crippen LogP contribution in [0.25, 0.3) is 0 Å². The van der Waals surface area contributed by atoms with Gasteiger partial charge in [0.15, 0.2) is 16.7 Å². The molecule has 8 heteroatoms. The van der Waals surface area contributed by atoms with Gasteiger partial charge in [-0.25, -0.2) is 4.39 Å². The van der Waals surface area contributed by atoms with Gasteiger partial charge in [0.25, 0.3) is 0 Å². The molecular weight excluding hydrogens is 331 g/mol. The molecule has 1 heterocycles. The quantitative estimate of drug-likeness (QED) is 0.740. The predicted molar refractivity (Wildman–Crippen MR) is 88.3 cm³/mol. The summed E-state index contributed by atoms with van der Waals surface area (Å²) in [6, 6.07) is 5.33. The molecule has 0 aliphatic heterocycles. The molecule has 1 aliphatic carbocycles. The zero-order chi connectivity index (χ0) is 17.1. The van der Waals surface area contributed by atoms with E-state index in [1.54, 1.807) is 6.07 Å². The van der Waals surface area contributed by atoms with E-state index in [-0.39, 0.29) is 23.9 Å². The van der Waals surface area contributed by atoms with Crippen LogP contribution in [-0.4, -0.2) is 27.8 Å². The van der Waals surface area contributed by atoms with Crippen LogP contribution in [0.5, 0.6) is 5.75 Å². The molecule has 1 aromatic heterocycles. The fraction of sp³-hybridized carbons (Fsp3) is 0.438. The van der Waals surface area contributed by atoms with Crippen molar-refractivity contribution in [2.45, 2.75) is 42.6 Å². The number of methoxy groups -OCH3 is 1. The SMILES string of the molecule is COc1ccc(CSc2nnc(CCC(N)=O)n2C2CC2)cc1F. The summed E-state index contributed by atoms with van der Waals surface area (Å²) in [5, 5.41) is 9.23. The number of amides is 1. The van der Waals surface area contributed by atoms with Crippen LogP contribution < -0.4 is 10.5 Å². The predicted octanol–water partition coefficient (Wildman–Crippen LogP) is 2.47. The van der Waals surface area contributed by atoms with Gasteiger partial charge in [0, 0.05) is 24.6 Å². The minimum atomic E-state index is -0.374. The second kappa shape index (κ2) is 7.21. The molecule has 24 heavy (non-hydrogen) atoms. The topological polar surface area (TPSA) is 83.0 Å². The minimum absolute atomic E-state index is 0.235. The van der Waals surface area contributed by atoms with Crippen LogP contribution in [-0.2, 0) is 17.0 Å². The summed E-state index contributed by atoms with van der Waals surface area (Å²) in [4.78, 5) is 11.0. The van der Waals surface area contributed by atoms with Crippen LogP contribution in [0.1, 0.15) is 36.7 Å². The Morgan fingerprint density at radius 3 is 2.88 bits per heavy atom. The fourth-order valence-corrected chi connectivity index (χ4v) is 3.43. The van der Waals surface area contributed by atoms with Crippen LogP contribution in [0.4, 0.5) is 4.39 Å². The summed E-state index contributed by atoms with van der Waals surface area (Å²) in [6.07, 6.45) is 2.94. The summed E-state index contributed by atoms with van der Waals surface area (Å²) in [5.74, 6) is 0.893. The molecule has 1 aliphatic rings. The normalized spacial score (nSPS) is 13.9. The molecule has 1 saturated carbocycles. The first kappa shape index (κ1) is 16.8. The Labute approximate surface area is 143 Å². The van der Waals surface area contributed by atoms with Gasteiger partial charge in [-0.15, -0.1) is 10.2 Å². The van der Waals surface area contributed by atoms with Gasteiger partial charge in [0.1, 0.15) is 5.82 Å². The third kappa shape index (κ3) is 3.87. The first-order valence-corrected chi connectivity index (χ1v) is 8.74. The van der Waals surface area contributed by atoms with Crippen molar-refractivity contribution in [3.05, 3.63) is 35.4 Å². The highest BCUT2D eigenvalue weighted by atomic mass is 32.2. The number of hydrogen-bond acceptors (Lipinski definition) is 5. The summed E-state index contributed by atoms with van der Waals surface area (Å²) < 4.78 is 20.8. The average Bonchev–Trinajstić information content (AvgIpc) is 3.31. The van der Waals surface area contributed by atoms with Gasteiger partial charge in [0.2, 0.25) is 5.91 Å². The van der Waals surface area contributed by atoms with Crippen LogP contribution in [0.15, 0.2) is 23.4 Å². The number of primary amides is 1. The second-order valence-corrected chi connectivity index (χ2v) is 6.67. The highest BCUT2D eigenvalue weighted by molar-refractivity contribution is 7.98. The third-order valence-corrected chi connectivity index (χ3v) is 4.84. The van der Waals surface area contributed by atoms with Gasteiger partial charge in [-0.05, 0) is 30.5 Å². The van der Waals surface area contributed by atoms with Gasteiger partial charge in [0.05, 0.1) is 7.11 Å². The molecule has 1 aromatic carbocycles. The Morgan fingerprint density at radius 1 is 1.46 bits per heavy atom. The lowest BCUT2D eigenvalue weighted by Gasteiger charge is -2.09. The Balaban J connectivity index is 1.70. The Hall–Kier alpha value is -2.09. The highest BCUT2D eigenvalue weighted by Crippen LogP contribution is 2.39. The number of carbonyl (C=O) groups excluding carboxylic acids is 1. The number of halogens is 1. The van der Waals surface area contributed by atoms with E-state index in [1.165, 1.54) is 24.9 Å². The van der Waals surface area contributed by atoms with Crippen molar-refractivity contribution in [3.8, 4) is 5.75 Å². The molecule has 1 fully saturated rings. The van der Waals surface area contributed by atoms with Crippen LogP contribution in [0.2, 0.25) is 0 Å². The molecule has 0 saturated heterocycles. The maximum absolute atomic E-state index is 13.8. The molecule has 3 rings (SSSR count). The number of nitrogens with two attached hydrogens (primary N) is 1. The van der Waals surface area contributed by atoms with E-state index < -0.39 is 0 Å². The molecular formula is C16H19FN4O2S. The van der Waals surface area contributed by atoms with E-state index in [0.29, 0.717) is 18.2 Å². The standard InChI is InChI=1S/C16H19FN4O2S/c1-23-13-5-2-10(8-12(13)17)9-24-16-20-19-15(7-6-14(18)22)21(16)11-3-4-11/h2,5,8,11H,3-4,6-7,9H2,1H3,(H2,18,22). The smallest absolute Gasteiger partial charge is 0.217 e. The van der Waals surface area contributed by atoms with Crippen molar-refractivity contribution in [1.82, 2.24) is 14.8 Å². The Morgan fingerprint density at radius 2 is 2.25 bits per heavy atom. The number of carbonyl (C=O) groups is 1. The minimum Gasteiger partial charge on any atom is -0.494 e. The number of nitrogens with zero attached hydrogens (tertiary/aromatic N) is 3. The van der Waals surface area contributed by atoms with Crippen LogP contribution >= 0.6 is 11.8 Å². The molecule has 0 unspecified atom stereocenters. The third-order valence-electron chi connectivity index (χ3n) is 3.83. The van der Waals surface area contributed by atoms with Crippen molar-refractivity contribution < 1.29 is 13.9 Å². The lowest BCUT2D eigenvalue weighted by molar-refractivity contribution is -0.118. The number of thioether (sulfide) groups is 1. The summed E-state index contributed by atoms with van der Waals surface area (Å²) >= 11 is 1.51. The maximum atomic E-state index is 13.8. The molecule has 2 N–H and O–H groups in total. The van der Waals surface area contributed by atoms with Crippen LogP contribution in [0.3, 0.4) is 0 Å². The molecule has 1 amide bonds. The van der Waals surface area contributed by atoms with E-state index in [2.05, 4.69) is 14.8 Å². The first-order chi connectivity index (χ1) is 11.6.